The van der Waals surface area contributed by atoms with E-state index in [4.69, 9.17) is 0 Å². The predicted molar refractivity (Wildman–Crippen MR) is 73.1 cm³/mol. The first kappa shape index (κ1) is 15.9. The number of hydrogen-bond donors (Lipinski definition) is 0. The van der Waals surface area contributed by atoms with Gasteiger partial charge in [0.25, 0.3) is 0 Å². The minimum atomic E-state index is 0.865. The van der Waals surface area contributed by atoms with E-state index in [0.717, 1.165) is 6.04 Å². The zero-order valence-corrected chi connectivity index (χ0v) is 12.2. The van der Waals surface area contributed by atoms with Gasteiger partial charge in [-0.1, -0.05) is 27.7 Å². The Labute approximate surface area is 102 Å². The Bertz CT molecular complexity index is 147. The summed E-state index contributed by atoms with van der Waals surface area (Å²) < 4.78 is 0. The van der Waals surface area contributed by atoms with Crippen molar-refractivity contribution in [2.24, 2.45) is 0 Å². The Morgan fingerprint density at radius 2 is 1.12 bits per heavy atom. The summed E-state index contributed by atoms with van der Waals surface area (Å²) in [5.74, 6) is 0. The van der Waals surface area contributed by atoms with Gasteiger partial charge in [0.05, 0.1) is 0 Å². The Balaban J connectivity index is 0.000000509. The van der Waals surface area contributed by atoms with Crippen LogP contribution in [-0.4, -0.2) is 74.1 Å². The van der Waals surface area contributed by atoms with Crippen LogP contribution in [0.2, 0.25) is 0 Å². The largest absolute Gasteiger partial charge is 0.304 e. The molecule has 0 aromatic carbocycles. The van der Waals surface area contributed by atoms with E-state index in [1.165, 1.54) is 39.3 Å². The van der Waals surface area contributed by atoms with Gasteiger partial charge >= 0.3 is 0 Å². The lowest BCUT2D eigenvalue weighted by Crippen LogP contribution is -2.61. The summed E-state index contributed by atoms with van der Waals surface area (Å²) in [6.07, 6.45) is 0. The van der Waals surface area contributed by atoms with Crippen molar-refractivity contribution in [1.82, 2.24) is 14.7 Å². The van der Waals surface area contributed by atoms with Crippen molar-refractivity contribution in [3.05, 3.63) is 0 Å². The summed E-state index contributed by atoms with van der Waals surface area (Å²) in [5.41, 5.74) is 0. The molecule has 2 fully saturated rings. The van der Waals surface area contributed by atoms with E-state index in [0.29, 0.717) is 0 Å². The van der Waals surface area contributed by atoms with Crippen LogP contribution in [0.25, 0.3) is 0 Å². The molecule has 0 aromatic heterocycles. The Hall–Kier alpha value is -0.120. The van der Waals surface area contributed by atoms with Crippen molar-refractivity contribution in [3.8, 4) is 0 Å². The molecule has 0 aromatic rings. The van der Waals surface area contributed by atoms with Crippen LogP contribution in [0.5, 0.6) is 0 Å². The van der Waals surface area contributed by atoms with Crippen molar-refractivity contribution < 1.29 is 0 Å². The first-order valence-corrected chi connectivity index (χ1v) is 6.87. The molecule has 2 saturated heterocycles. The summed E-state index contributed by atoms with van der Waals surface area (Å²) in [6, 6.07) is 0.865. The second-order valence-corrected chi connectivity index (χ2v) is 4.21. The molecule has 98 valence electrons. The molecule has 16 heavy (non-hydrogen) atoms. The van der Waals surface area contributed by atoms with E-state index in [1.807, 2.05) is 27.7 Å². The fourth-order valence-electron chi connectivity index (χ4n) is 2.08. The van der Waals surface area contributed by atoms with E-state index in [2.05, 4.69) is 28.8 Å². The van der Waals surface area contributed by atoms with Crippen LogP contribution in [0.15, 0.2) is 0 Å². The van der Waals surface area contributed by atoms with Gasteiger partial charge in [-0.2, -0.15) is 0 Å². The smallest absolute Gasteiger partial charge is 0.0351 e. The van der Waals surface area contributed by atoms with Gasteiger partial charge < -0.3 is 9.80 Å². The summed E-state index contributed by atoms with van der Waals surface area (Å²) in [4.78, 5) is 7.45. The summed E-state index contributed by atoms with van der Waals surface area (Å²) in [5, 5.41) is 0. The summed E-state index contributed by atoms with van der Waals surface area (Å²) in [7, 11) is 4.41. The van der Waals surface area contributed by atoms with Gasteiger partial charge in [0.2, 0.25) is 0 Å². The highest BCUT2D eigenvalue weighted by Gasteiger charge is 2.30. The van der Waals surface area contributed by atoms with Gasteiger partial charge in [-0.05, 0) is 14.1 Å². The molecule has 0 saturated carbocycles. The first-order valence-electron chi connectivity index (χ1n) is 6.87. The average Bonchev–Trinajstić information content (AvgIpc) is 2.32. The second kappa shape index (κ2) is 8.97. The van der Waals surface area contributed by atoms with Crippen LogP contribution in [0.4, 0.5) is 0 Å². The van der Waals surface area contributed by atoms with Crippen LogP contribution >= 0.6 is 0 Å². The molecule has 2 heterocycles. The highest BCUT2D eigenvalue weighted by molar-refractivity contribution is 4.88. The van der Waals surface area contributed by atoms with Crippen molar-refractivity contribution in [3.63, 3.8) is 0 Å². The first-order chi connectivity index (χ1) is 7.75. The van der Waals surface area contributed by atoms with Crippen LogP contribution < -0.4 is 0 Å². The third-order valence-electron chi connectivity index (χ3n) is 3.10. The lowest BCUT2D eigenvalue weighted by molar-refractivity contribution is 0.0233. The van der Waals surface area contributed by atoms with Crippen LogP contribution in [0, 0.1) is 0 Å². The molecule has 2 rings (SSSR count). The quantitative estimate of drug-likeness (QED) is 0.676. The molecule has 0 bridgehead atoms. The van der Waals surface area contributed by atoms with E-state index >= 15 is 0 Å². The van der Waals surface area contributed by atoms with E-state index in [9.17, 15) is 0 Å². The molecule has 0 aliphatic carbocycles. The Morgan fingerprint density at radius 1 is 0.688 bits per heavy atom. The molecular weight excluding hydrogens is 198 g/mol. The van der Waals surface area contributed by atoms with E-state index < -0.39 is 0 Å². The Kier molecular flexibility index (Phi) is 8.90. The molecule has 2 aliphatic heterocycles. The fourth-order valence-corrected chi connectivity index (χ4v) is 2.08. The van der Waals surface area contributed by atoms with Gasteiger partial charge in [-0.15, -0.1) is 0 Å². The molecule has 0 atom stereocenters. The highest BCUT2D eigenvalue weighted by atomic mass is 15.3. The lowest BCUT2D eigenvalue weighted by Gasteiger charge is -2.46. The number of rotatable bonds is 1. The van der Waals surface area contributed by atoms with Gasteiger partial charge in [-0.3, -0.25) is 4.90 Å². The average molecular weight is 229 g/mol. The number of hydrogen-bond acceptors (Lipinski definition) is 3. The molecule has 0 radical (unpaired) electrons. The van der Waals surface area contributed by atoms with Crippen LogP contribution in [0.1, 0.15) is 27.7 Å². The second-order valence-electron chi connectivity index (χ2n) is 4.21. The van der Waals surface area contributed by atoms with Gasteiger partial charge in [-0.25, -0.2) is 0 Å². The van der Waals surface area contributed by atoms with Crippen molar-refractivity contribution in [2.75, 3.05) is 53.4 Å². The minimum absolute atomic E-state index is 0.865. The Morgan fingerprint density at radius 3 is 1.50 bits per heavy atom. The summed E-state index contributed by atoms with van der Waals surface area (Å²) in [6.45, 7) is 15.6. The number of piperazine rings is 1. The van der Waals surface area contributed by atoms with E-state index in [1.54, 1.807) is 0 Å². The standard InChI is InChI=1S/C9H19N3.2C2H6/c1-10-3-5-12(6-4-10)9-7-11(2)8-9;2*1-2/h9H,3-8H2,1-2H3;2*1-2H3. The maximum Gasteiger partial charge on any atom is 0.0351 e. The van der Waals surface area contributed by atoms with Gasteiger partial charge in [0.1, 0.15) is 0 Å². The van der Waals surface area contributed by atoms with Crippen LogP contribution in [-0.2, 0) is 0 Å². The van der Waals surface area contributed by atoms with Gasteiger partial charge in [0, 0.05) is 45.3 Å². The topological polar surface area (TPSA) is 9.72 Å². The fraction of sp³-hybridized carbons (Fsp3) is 1.00. The monoisotopic (exact) mass is 229 g/mol. The van der Waals surface area contributed by atoms with E-state index in [-0.39, 0.29) is 0 Å². The SMILES string of the molecule is CC.CC.CN1CCN(C2CN(C)C2)CC1. The van der Waals surface area contributed by atoms with Crippen molar-refractivity contribution in [2.45, 2.75) is 33.7 Å². The zero-order chi connectivity index (χ0) is 12.6. The van der Waals surface area contributed by atoms with Crippen molar-refractivity contribution >= 4 is 0 Å². The molecule has 2 aliphatic rings. The molecule has 0 unspecified atom stereocenters. The highest BCUT2D eigenvalue weighted by Crippen LogP contribution is 2.14. The summed E-state index contributed by atoms with van der Waals surface area (Å²) >= 11 is 0. The van der Waals surface area contributed by atoms with Gasteiger partial charge in [0.15, 0.2) is 0 Å². The normalized spacial score (nSPS) is 23.6. The number of nitrogens with zero attached hydrogens (tertiary/aromatic N) is 3. The van der Waals surface area contributed by atoms with Crippen molar-refractivity contribution in [1.29, 1.82) is 0 Å². The lowest BCUT2D eigenvalue weighted by atomic mass is 10.1. The zero-order valence-electron chi connectivity index (χ0n) is 12.2. The third kappa shape index (κ3) is 4.81. The maximum absolute atomic E-state index is 2.64. The third-order valence-corrected chi connectivity index (χ3v) is 3.10. The molecule has 0 spiro atoms. The molecule has 3 nitrogen and oxygen atoms in total. The maximum atomic E-state index is 2.64. The number of likely N-dealkylation sites (N-methyl/N-ethyl adjacent to an activating group) is 2. The predicted octanol–water partition coefficient (Wildman–Crippen LogP) is 1.60. The molecule has 0 amide bonds. The number of likely N-dealkylation sites (tertiary alicyclic amines) is 1. The molecule has 0 N–H and O–H groups in total. The molecular formula is C13H31N3. The minimum Gasteiger partial charge on any atom is -0.304 e. The molecule has 3 heteroatoms. The van der Waals surface area contributed by atoms with Crippen LogP contribution in [0.3, 0.4) is 0 Å².